The molecule has 0 radical (unpaired) electrons. The van der Waals surface area contributed by atoms with Gasteiger partial charge in [-0.1, -0.05) is 87.1 Å². The Morgan fingerprint density at radius 1 is 0.663 bits per heavy atom. The van der Waals surface area contributed by atoms with E-state index in [0.29, 0.717) is 62.1 Å². The third-order valence-corrected chi connectivity index (χ3v) is 21.4. The summed E-state index contributed by atoms with van der Waals surface area (Å²) in [5, 5.41) is 117. The van der Waals surface area contributed by atoms with Gasteiger partial charge in [0.05, 0.1) is 55.6 Å². The summed E-state index contributed by atoms with van der Waals surface area (Å²) in [6.07, 6.45) is -13.0. The summed E-state index contributed by atoms with van der Waals surface area (Å²) in [5.41, 5.74) is 1.41. The molecule has 6 heterocycles. The fourth-order valence-electron chi connectivity index (χ4n) is 15.6. The number of ether oxygens (including phenoxy) is 7. The largest absolute Gasteiger partial charge is 0.394 e. The number of nitrogens with zero attached hydrogens (tertiary/aromatic N) is 7. The second-order valence-corrected chi connectivity index (χ2v) is 28.4. The number of Topliss-reactive ketones (excluding diaryl/α,β-unsaturated/α-hetero) is 1. The number of ketones is 1. The first-order valence-corrected chi connectivity index (χ1v) is 36.0. The first kappa shape index (κ1) is 76.2. The van der Waals surface area contributed by atoms with Gasteiger partial charge in [-0.3, -0.25) is 19.2 Å². The van der Waals surface area contributed by atoms with Gasteiger partial charge in [0.2, 0.25) is 11.8 Å². The maximum absolute atomic E-state index is 14.5. The molecule has 4 aromatic rings. The predicted molar refractivity (Wildman–Crippen MR) is 353 cm³/mol. The van der Waals surface area contributed by atoms with Gasteiger partial charge in [-0.2, -0.15) is 0 Å². The molecule has 3 saturated carbocycles. The third-order valence-electron chi connectivity index (χ3n) is 21.4. The van der Waals surface area contributed by atoms with Crippen LogP contribution >= 0.6 is 0 Å². The minimum absolute atomic E-state index is 0.0293. The van der Waals surface area contributed by atoms with E-state index in [1.807, 2.05) is 6.92 Å². The van der Waals surface area contributed by atoms with Gasteiger partial charge >= 0.3 is 0 Å². The quantitative estimate of drug-likeness (QED) is 0.0362. The highest BCUT2D eigenvalue weighted by atomic mass is 19.1. The summed E-state index contributed by atoms with van der Waals surface area (Å²) in [6.45, 7) is 7.65. The van der Waals surface area contributed by atoms with E-state index < -0.39 is 176 Å². The molecule has 2 aromatic carbocycles. The number of rotatable bonds is 28. The van der Waals surface area contributed by atoms with E-state index in [-0.39, 0.29) is 68.5 Å². The Morgan fingerprint density at radius 2 is 1.32 bits per heavy atom. The maximum atomic E-state index is 14.5. The Morgan fingerprint density at radius 3 is 1.96 bits per heavy atom. The van der Waals surface area contributed by atoms with E-state index in [2.05, 4.69) is 36.6 Å². The molecule has 0 bridgehead atoms. The van der Waals surface area contributed by atoms with Crippen LogP contribution in [0.25, 0.3) is 22.5 Å². The summed E-state index contributed by atoms with van der Waals surface area (Å²) >= 11 is 0. The van der Waals surface area contributed by atoms with Crippen molar-refractivity contribution < 1.29 is 102 Å². The molecule has 31 heteroatoms. The number of benzene rings is 2. The first-order chi connectivity index (χ1) is 48.6. The molecule has 29 nitrogen and oxygen atoms in total. The number of amides is 3. The van der Waals surface area contributed by atoms with Crippen molar-refractivity contribution in [2.24, 2.45) is 23.7 Å². The van der Waals surface area contributed by atoms with Crippen molar-refractivity contribution in [1.29, 1.82) is 0 Å². The topological polar surface area (TPSA) is 395 Å². The van der Waals surface area contributed by atoms with Gasteiger partial charge in [-0.15, -0.1) is 10.2 Å². The van der Waals surface area contributed by atoms with Crippen LogP contribution in [0, 0.1) is 35.3 Å². The van der Waals surface area contributed by atoms with Crippen LogP contribution in [0.1, 0.15) is 136 Å². The number of hydrogen-bond acceptors (Lipinski definition) is 24. The van der Waals surface area contributed by atoms with Gasteiger partial charge in [-0.05, 0) is 101 Å². The van der Waals surface area contributed by atoms with E-state index in [4.69, 9.17) is 33.2 Å². The molecule has 24 atom stereocenters. The van der Waals surface area contributed by atoms with Crippen molar-refractivity contribution in [2.75, 3.05) is 39.3 Å². The lowest BCUT2D eigenvalue weighted by Gasteiger charge is -2.49. The summed E-state index contributed by atoms with van der Waals surface area (Å²) in [5.74, 6) is -3.98. The van der Waals surface area contributed by atoms with Crippen molar-refractivity contribution in [2.45, 2.75) is 253 Å². The average Bonchev–Trinajstić information content (AvgIpc) is 1.40. The van der Waals surface area contributed by atoms with E-state index in [1.165, 1.54) is 72.0 Å². The summed E-state index contributed by atoms with van der Waals surface area (Å²) in [7, 11) is 0. The Hall–Kier alpha value is -5.98. The molecule has 7 aliphatic rings. The highest BCUT2D eigenvalue weighted by Gasteiger charge is 2.55. The average molecular weight is 1420 g/mol. The van der Waals surface area contributed by atoms with Gasteiger partial charge in [0.15, 0.2) is 18.9 Å². The van der Waals surface area contributed by atoms with Crippen LogP contribution in [0.15, 0.2) is 60.9 Å². The van der Waals surface area contributed by atoms with E-state index in [9.17, 15) is 68.8 Å². The van der Waals surface area contributed by atoms with Crippen LogP contribution in [-0.4, -0.2) is 255 Å². The normalized spacial score (nSPS) is 35.1. The minimum Gasteiger partial charge on any atom is -0.394 e. The lowest BCUT2D eigenvalue weighted by atomic mass is 9.74. The van der Waals surface area contributed by atoms with E-state index in [1.54, 1.807) is 24.0 Å². The number of carbonyl (C=O) groups excluding carboxylic acids is 4. The Bertz CT molecular complexity index is 3370. The molecule has 4 saturated heterocycles. The van der Waals surface area contributed by atoms with Crippen LogP contribution in [0.4, 0.5) is 8.78 Å². The van der Waals surface area contributed by atoms with Crippen molar-refractivity contribution >= 4 is 23.5 Å². The molecule has 7 fully saturated rings. The van der Waals surface area contributed by atoms with Gasteiger partial charge in [0.1, 0.15) is 102 Å². The molecule has 3 aliphatic carbocycles. The zero-order valence-electron chi connectivity index (χ0n) is 57.5. The summed E-state index contributed by atoms with van der Waals surface area (Å²) < 4.78 is 76.4. The summed E-state index contributed by atoms with van der Waals surface area (Å²) in [6, 6.07) is 8.08. The molecule has 101 heavy (non-hydrogen) atoms. The Labute approximate surface area is 584 Å². The second kappa shape index (κ2) is 34.7. The van der Waals surface area contributed by atoms with Crippen molar-refractivity contribution in [3.63, 3.8) is 0 Å². The molecule has 0 spiro atoms. The minimum atomic E-state index is -1.69. The predicted octanol–water partition coefficient (Wildman–Crippen LogP) is 1.91. The lowest BCUT2D eigenvalue weighted by Crippen LogP contribution is -2.67. The third kappa shape index (κ3) is 18.0. The monoisotopic (exact) mass is 1420 g/mol. The van der Waals surface area contributed by atoms with Gasteiger partial charge in [-0.25, -0.2) is 18.1 Å². The number of hydrogen-bond donors (Lipinski definition) is 11. The lowest BCUT2D eigenvalue weighted by molar-refractivity contribution is -0.338. The molecule has 11 N–H and O–H groups in total. The number of aliphatic hydroxyl groups is 8. The number of nitrogens with one attached hydrogen (secondary N) is 3. The van der Waals surface area contributed by atoms with Crippen LogP contribution in [-0.2, 0) is 52.3 Å². The fraction of sp³-hybridized carbons (Fsp3) is 0.714. The van der Waals surface area contributed by atoms with Crippen molar-refractivity contribution in [1.82, 2.24) is 50.8 Å². The van der Waals surface area contributed by atoms with Crippen molar-refractivity contribution in [3.8, 4) is 22.5 Å². The molecule has 4 aliphatic heterocycles. The molecule has 2 aromatic heterocycles. The molecular weight excluding hydrogens is 1320 g/mol. The molecular formula is C70H100F2N10O19. The fourth-order valence-corrected chi connectivity index (χ4v) is 15.6. The Balaban J connectivity index is 0.744. The highest BCUT2D eigenvalue weighted by Crippen LogP contribution is 2.43. The van der Waals surface area contributed by atoms with Crippen molar-refractivity contribution in [3.05, 3.63) is 72.6 Å². The van der Waals surface area contributed by atoms with Gasteiger partial charge in [0, 0.05) is 62.5 Å². The van der Waals surface area contributed by atoms with Crippen LogP contribution in [0.3, 0.4) is 0 Å². The summed E-state index contributed by atoms with van der Waals surface area (Å²) in [4.78, 5) is 57.9. The van der Waals surface area contributed by atoms with E-state index in [0.717, 1.165) is 38.5 Å². The smallest absolute Gasteiger partial charge is 0.251 e. The molecule has 11 rings (SSSR count). The number of halogens is 2. The van der Waals surface area contributed by atoms with Crippen LogP contribution in [0.2, 0.25) is 0 Å². The highest BCUT2D eigenvalue weighted by molar-refractivity contribution is 5.82. The van der Waals surface area contributed by atoms with Crippen LogP contribution in [0.5, 0.6) is 0 Å². The molecule has 10 unspecified atom stereocenters. The van der Waals surface area contributed by atoms with Crippen LogP contribution < -0.4 is 16.0 Å². The van der Waals surface area contributed by atoms with Gasteiger partial charge < -0.3 is 94.9 Å². The van der Waals surface area contributed by atoms with Gasteiger partial charge in [0.25, 0.3) is 5.91 Å². The number of aromatic nitrogens is 6. The zero-order chi connectivity index (χ0) is 71.8. The SMILES string of the molecule is CCC1O[C@@H](O[C@@H]2C[C@@H](C(=O)NCCNCCCC(=O)C3CC(CC)[C@@H](O[C@@H]4OC(C)[C@@H](O)[C@H](O)C4O)[C@H](O[C@@H]4O[C@@H](CO)[C@H](O)C(O[C@@H](CC5CCCCC5)C(=O)N5CCC5)C4NC(C)=O)C3)CC(n3cc(-c4cccc(F)c4)nn3)C2O)[C@H](O)C(n2cc(-c3cccc(F)c3)nn2)[C@H]1O. The Kier molecular flexibility index (Phi) is 26.2. The number of likely N-dealkylation sites (tertiary alicyclic amines) is 1. The maximum Gasteiger partial charge on any atom is 0.251 e. The molecule has 558 valence electrons. The number of aliphatic hydroxyl groups excluding tert-OH is 8. The first-order valence-electron chi connectivity index (χ1n) is 36.0. The number of carbonyl (C=O) groups is 4. The molecule has 3 amide bonds. The standard InChI is InChI=1S/C70H100F2N10O19/c1-5-39-27-42(31-52(64(39)101-70-63(92)62(91)57(86)36(3)95-70)99-68-55(75-37(4)84)65(60(89)54(35-83)100-68)96-53(67(94)80-24-13-25-80)26-38-14-8-7-9-15-38)49(85)20-12-21-73-22-23-74-66(93)43-30-48(81-33-46(76-78-81)40-16-10-18-44(71)28-40)58(87)51(32-43)98-69-61(90)56(59(88)50(6-2)97-69)82-34-47(77-79-82)41-17-11-19-45(72)29-41/h10-11,16-19,28-29,33-34,36,38-39,42-43,48,50-65,68-70,73,83,86-92H,5-9,12-15,20-27,30-32,35H2,1-4H3,(H,74,93)(H,75,84)/t36?,39?,42?,43-,48?,50?,51+,52+,53-,54-,55?,56?,57+,58?,59-,60-,61+,62-,63?,64+,65?,68+,69-,70-/m0/s1. The van der Waals surface area contributed by atoms with E-state index >= 15 is 0 Å². The zero-order valence-corrected chi connectivity index (χ0v) is 57.5. The second-order valence-electron chi connectivity index (χ2n) is 28.4.